The fourth-order valence-corrected chi connectivity index (χ4v) is 5.03. The van der Waals surface area contributed by atoms with Gasteiger partial charge in [0.25, 0.3) is 11.6 Å². The number of benzene rings is 3. The van der Waals surface area contributed by atoms with E-state index < -0.39 is 0 Å². The van der Waals surface area contributed by atoms with Gasteiger partial charge in [-0.25, -0.2) is 4.98 Å². The second-order valence-electron chi connectivity index (χ2n) is 9.57. The molecule has 0 aliphatic carbocycles. The van der Waals surface area contributed by atoms with Gasteiger partial charge in [0.1, 0.15) is 28.5 Å². The molecule has 0 bridgehead atoms. The molecule has 0 spiro atoms. The quantitative estimate of drug-likeness (QED) is 0.303. The Kier molecular flexibility index (Phi) is 6.91. The van der Waals surface area contributed by atoms with E-state index in [0.717, 1.165) is 41.0 Å². The number of fused-ring (bicyclic) bond motifs is 1. The number of carbonyl (C=O) groups is 1. The summed E-state index contributed by atoms with van der Waals surface area (Å²) in [5.74, 6) is 2.14. The van der Waals surface area contributed by atoms with Gasteiger partial charge in [-0.15, -0.1) is 0 Å². The van der Waals surface area contributed by atoms with Gasteiger partial charge in [0.15, 0.2) is 0 Å². The van der Waals surface area contributed by atoms with Crippen LogP contribution >= 0.6 is 0 Å². The number of rotatable bonds is 6. The molecule has 2 aromatic heterocycles. The molecule has 0 atom stereocenters. The van der Waals surface area contributed by atoms with E-state index in [9.17, 15) is 4.79 Å². The molecule has 6 rings (SSSR count). The van der Waals surface area contributed by atoms with E-state index in [1.54, 1.807) is 13.2 Å². The van der Waals surface area contributed by atoms with E-state index in [1.165, 1.54) is 0 Å². The Morgan fingerprint density at radius 1 is 0.897 bits per heavy atom. The molecular formula is C31H29N5O3. The first-order chi connectivity index (χ1) is 19.2. The average Bonchev–Trinajstić information content (AvgIpc) is 3.26. The zero-order valence-electron chi connectivity index (χ0n) is 21.8. The molecule has 0 N–H and O–H groups in total. The fourth-order valence-electron chi connectivity index (χ4n) is 5.03. The third kappa shape index (κ3) is 5.18. The predicted octanol–water partition coefficient (Wildman–Crippen LogP) is 5.24. The molecule has 0 unspecified atom stereocenters. The molecule has 0 radical (unpaired) electrons. The molecule has 1 saturated heterocycles. The van der Waals surface area contributed by atoms with Crippen molar-refractivity contribution >= 4 is 22.8 Å². The van der Waals surface area contributed by atoms with Crippen LogP contribution in [0.5, 0.6) is 5.75 Å². The molecule has 1 amide bonds. The summed E-state index contributed by atoms with van der Waals surface area (Å²) in [6.45, 7) is 2.61. The van der Waals surface area contributed by atoms with Crippen molar-refractivity contribution in [1.29, 1.82) is 0 Å². The van der Waals surface area contributed by atoms with E-state index >= 15 is 0 Å². The highest BCUT2D eigenvalue weighted by molar-refractivity contribution is 5.98. The summed E-state index contributed by atoms with van der Waals surface area (Å²) >= 11 is 0. The zero-order chi connectivity index (χ0) is 26.6. The number of ether oxygens (including phenoxy) is 1. The first-order valence-electron chi connectivity index (χ1n) is 13.1. The third-order valence-electron chi connectivity index (χ3n) is 7.01. The van der Waals surface area contributed by atoms with Crippen molar-refractivity contribution in [3.05, 3.63) is 102 Å². The van der Waals surface area contributed by atoms with E-state index in [1.807, 2.05) is 71.6 Å². The van der Waals surface area contributed by atoms with E-state index in [0.29, 0.717) is 48.9 Å². The fraction of sp³-hybridized carbons (Fsp3) is 0.226. The molecule has 196 valence electrons. The third-order valence-corrected chi connectivity index (χ3v) is 7.01. The predicted molar refractivity (Wildman–Crippen MR) is 150 cm³/mol. The number of nitrogens with zero attached hydrogens (tertiary/aromatic N) is 5. The summed E-state index contributed by atoms with van der Waals surface area (Å²) in [7, 11) is 1.61. The summed E-state index contributed by atoms with van der Waals surface area (Å²) < 4.78 is 11.1. The SMILES string of the molecule is COc1cccc(C(=O)N2CCCN(c3nc(Cc4ccccc4)nc4onc(-c5ccccc5)c34)CC2)c1. The lowest BCUT2D eigenvalue weighted by molar-refractivity contribution is 0.0766. The molecule has 39 heavy (non-hydrogen) atoms. The van der Waals surface area contributed by atoms with Crippen molar-refractivity contribution in [2.24, 2.45) is 0 Å². The van der Waals surface area contributed by atoms with Gasteiger partial charge in [-0.05, 0) is 30.2 Å². The number of aromatic nitrogens is 3. The van der Waals surface area contributed by atoms with Crippen LogP contribution in [-0.4, -0.2) is 59.2 Å². The van der Waals surface area contributed by atoms with Crippen LogP contribution in [0.25, 0.3) is 22.4 Å². The normalized spacial score (nSPS) is 13.9. The second kappa shape index (κ2) is 10.9. The Bertz CT molecular complexity index is 1590. The molecule has 3 aromatic carbocycles. The maximum Gasteiger partial charge on any atom is 0.263 e. The standard InChI is InChI=1S/C31H29N5O3/c1-38-25-15-8-14-24(21-25)31(37)36-17-9-16-35(18-19-36)29-27-28(23-12-6-3-7-13-23)34-39-30(27)33-26(32-29)20-22-10-4-2-5-11-22/h2-8,10-15,21H,9,16-20H2,1H3. The lowest BCUT2D eigenvalue weighted by atomic mass is 10.1. The second-order valence-corrected chi connectivity index (χ2v) is 9.57. The van der Waals surface area contributed by atoms with Crippen molar-refractivity contribution in [1.82, 2.24) is 20.0 Å². The van der Waals surface area contributed by atoms with Crippen LogP contribution < -0.4 is 9.64 Å². The van der Waals surface area contributed by atoms with Crippen LogP contribution in [0.15, 0.2) is 89.5 Å². The largest absolute Gasteiger partial charge is 0.497 e. The molecule has 5 aromatic rings. The minimum atomic E-state index is 0.00306. The summed E-state index contributed by atoms with van der Waals surface area (Å²) in [6.07, 6.45) is 1.39. The van der Waals surface area contributed by atoms with Crippen molar-refractivity contribution in [3.8, 4) is 17.0 Å². The highest BCUT2D eigenvalue weighted by atomic mass is 16.5. The number of hydrogen-bond donors (Lipinski definition) is 0. The molecule has 8 heteroatoms. The van der Waals surface area contributed by atoms with Crippen LogP contribution in [-0.2, 0) is 6.42 Å². The number of anilines is 1. The number of hydrogen-bond acceptors (Lipinski definition) is 7. The van der Waals surface area contributed by atoms with E-state index in [4.69, 9.17) is 19.2 Å². The Hall–Kier alpha value is -4.72. The van der Waals surface area contributed by atoms with E-state index in [2.05, 4.69) is 22.2 Å². The topological polar surface area (TPSA) is 84.6 Å². The van der Waals surface area contributed by atoms with Crippen molar-refractivity contribution in [2.75, 3.05) is 38.2 Å². The van der Waals surface area contributed by atoms with Crippen molar-refractivity contribution in [2.45, 2.75) is 12.8 Å². The molecular weight excluding hydrogens is 490 g/mol. The number of amides is 1. The molecule has 1 aliphatic rings. The average molecular weight is 520 g/mol. The lowest BCUT2D eigenvalue weighted by Gasteiger charge is -2.24. The van der Waals surface area contributed by atoms with Gasteiger partial charge in [-0.1, -0.05) is 71.9 Å². The van der Waals surface area contributed by atoms with Gasteiger partial charge < -0.3 is 19.1 Å². The molecule has 8 nitrogen and oxygen atoms in total. The van der Waals surface area contributed by atoms with Crippen LogP contribution in [0.3, 0.4) is 0 Å². The highest BCUT2D eigenvalue weighted by Crippen LogP contribution is 2.34. The Balaban J connectivity index is 1.34. The first kappa shape index (κ1) is 24.6. The van der Waals surface area contributed by atoms with Crippen LogP contribution in [0.4, 0.5) is 5.82 Å². The van der Waals surface area contributed by atoms with Gasteiger partial charge in [-0.2, -0.15) is 4.98 Å². The Morgan fingerprint density at radius 2 is 1.69 bits per heavy atom. The Morgan fingerprint density at radius 3 is 2.49 bits per heavy atom. The summed E-state index contributed by atoms with van der Waals surface area (Å²) in [5.41, 5.74) is 3.89. The maximum atomic E-state index is 13.3. The summed E-state index contributed by atoms with van der Waals surface area (Å²) in [5, 5.41) is 5.21. The van der Waals surface area contributed by atoms with Crippen LogP contribution in [0, 0.1) is 0 Å². The van der Waals surface area contributed by atoms with Gasteiger partial charge >= 0.3 is 0 Å². The van der Waals surface area contributed by atoms with Gasteiger partial charge in [0.05, 0.1) is 7.11 Å². The zero-order valence-corrected chi connectivity index (χ0v) is 21.8. The summed E-state index contributed by atoms with van der Waals surface area (Å²) in [4.78, 5) is 27.3. The van der Waals surface area contributed by atoms with Crippen molar-refractivity contribution in [3.63, 3.8) is 0 Å². The maximum absolute atomic E-state index is 13.3. The van der Waals surface area contributed by atoms with Gasteiger partial charge in [-0.3, -0.25) is 4.79 Å². The van der Waals surface area contributed by atoms with Crippen LogP contribution in [0.1, 0.15) is 28.2 Å². The number of carbonyl (C=O) groups excluding carboxylic acids is 1. The van der Waals surface area contributed by atoms with Crippen LogP contribution in [0.2, 0.25) is 0 Å². The first-order valence-corrected chi connectivity index (χ1v) is 13.1. The molecule has 3 heterocycles. The minimum Gasteiger partial charge on any atom is -0.497 e. The van der Waals surface area contributed by atoms with Gasteiger partial charge in [0.2, 0.25) is 0 Å². The van der Waals surface area contributed by atoms with Crippen molar-refractivity contribution < 1.29 is 14.1 Å². The minimum absolute atomic E-state index is 0.00306. The van der Waals surface area contributed by atoms with E-state index in [-0.39, 0.29) is 5.91 Å². The molecule has 1 fully saturated rings. The highest BCUT2D eigenvalue weighted by Gasteiger charge is 2.26. The molecule has 1 aliphatic heterocycles. The molecule has 0 saturated carbocycles. The summed E-state index contributed by atoms with van der Waals surface area (Å²) in [6, 6.07) is 27.4. The Labute approximate surface area is 226 Å². The smallest absolute Gasteiger partial charge is 0.263 e. The van der Waals surface area contributed by atoms with Gasteiger partial charge in [0, 0.05) is 43.7 Å². The lowest BCUT2D eigenvalue weighted by Crippen LogP contribution is -2.35. The number of methoxy groups -OCH3 is 1. The monoisotopic (exact) mass is 519 g/mol.